The van der Waals surface area contributed by atoms with Gasteiger partial charge in [0.1, 0.15) is 6.61 Å². The zero-order valence-corrected chi connectivity index (χ0v) is 17.2. The van der Waals surface area contributed by atoms with E-state index in [2.05, 4.69) is 32.9 Å². The summed E-state index contributed by atoms with van der Waals surface area (Å²) in [6.07, 6.45) is 12.8. The highest BCUT2D eigenvalue weighted by Gasteiger charge is 2.59. The average molecular weight is 373 g/mol. The molecule has 4 aliphatic carbocycles. The molecular weight excluding hydrogens is 336 g/mol. The van der Waals surface area contributed by atoms with Gasteiger partial charge in [-0.25, -0.2) is 0 Å². The van der Waals surface area contributed by atoms with Gasteiger partial charge in [-0.05, 0) is 68.1 Å². The Morgan fingerprint density at radius 2 is 2.07 bits per heavy atom. The fourth-order valence-electron chi connectivity index (χ4n) is 7.57. The summed E-state index contributed by atoms with van der Waals surface area (Å²) in [5, 5.41) is 19.8. The van der Waals surface area contributed by atoms with Gasteiger partial charge in [-0.3, -0.25) is 4.79 Å². The van der Waals surface area contributed by atoms with Crippen LogP contribution >= 0.6 is 0 Å². The third-order valence-corrected chi connectivity index (χ3v) is 8.80. The number of hydrogen-bond donors (Lipinski definition) is 2. The van der Waals surface area contributed by atoms with Crippen molar-refractivity contribution in [3.8, 4) is 0 Å². The minimum Gasteiger partial charge on any atom is -0.389 e. The van der Waals surface area contributed by atoms with Crippen LogP contribution in [0, 0.1) is 34.5 Å². The number of ketones is 1. The molecule has 3 nitrogen and oxygen atoms in total. The Balaban J connectivity index is 1.71. The first-order valence-electron chi connectivity index (χ1n) is 11.1. The minimum absolute atomic E-state index is 0.000422. The molecule has 2 N–H and O–H groups in total. The fraction of sp³-hybridized carbons (Fsp3) is 0.792. The topological polar surface area (TPSA) is 57.5 Å². The molecule has 0 bridgehead atoms. The molecule has 4 aliphatic rings. The Labute approximate surface area is 163 Å². The summed E-state index contributed by atoms with van der Waals surface area (Å²) in [6.45, 7) is 6.62. The van der Waals surface area contributed by atoms with Gasteiger partial charge in [0.2, 0.25) is 0 Å². The summed E-state index contributed by atoms with van der Waals surface area (Å²) in [6, 6.07) is 0. The summed E-state index contributed by atoms with van der Waals surface area (Å²) >= 11 is 0. The van der Waals surface area contributed by atoms with Crippen LogP contribution < -0.4 is 0 Å². The molecule has 7 atom stereocenters. The van der Waals surface area contributed by atoms with Crippen molar-refractivity contribution < 1.29 is 15.0 Å². The molecule has 0 aromatic carbocycles. The minimum atomic E-state index is -0.309. The number of hydrogen-bond acceptors (Lipinski definition) is 3. The molecule has 3 heteroatoms. The van der Waals surface area contributed by atoms with Gasteiger partial charge in [0, 0.05) is 11.3 Å². The molecular formula is C24H36O3. The molecule has 0 aliphatic heterocycles. The Kier molecular flexibility index (Phi) is 4.91. The molecule has 0 saturated heterocycles. The van der Waals surface area contributed by atoms with Gasteiger partial charge in [0.05, 0.1) is 6.10 Å². The van der Waals surface area contributed by atoms with E-state index in [1.165, 1.54) is 5.57 Å². The second kappa shape index (κ2) is 6.84. The SMILES string of the molecule is CCC[C@@H]1CC2C3CCC4=CC(O)CC[C@]4(C)C3=CC[C@]2(C)[C@H]1C(=O)CO. The molecule has 150 valence electrons. The zero-order valence-electron chi connectivity index (χ0n) is 17.2. The molecule has 3 unspecified atom stereocenters. The van der Waals surface area contributed by atoms with Gasteiger partial charge in [-0.15, -0.1) is 0 Å². The predicted octanol–water partition coefficient (Wildman–Crippen LogP) is 4.43. The number of fused-ring (bicyclic) bond motifs is 5. The average Bonchev–Trinajstić information content (AvgIpc) is 2.94. The van der Waals surface area contributed by atoms with Gasteiger partial charge >= 0.3 is 0 Å². The fourth-order valence-corrected chi connectivity index (χ4v) is 7.57. The molecule has 0 aromatic rings. The van der Waals surface area contributed by atoms with Gasteiger partial charge in [-0.2, -0.15) is 0 Å². The van der Waals surface area contributed by atoms with Crippen molar-refractivity contribution >= 4 is 5.78 Å². The van der Waals surface area contributed by atoms with E-state index in [1.807, 2.05) is 0 Å². The van der Waals surface area contributed by atoms with E-state index in [0.717, 1.165) is 51.4 Å². The highest BCUT2D eigenvalue weighted by molar-refractivity contribution is 5.83. The summed E-state index contributed by atoms with van der Waals surface area (Å²) < 4.78 is 0. The van der Waals surface area contributed by atoms with Crippen LogP contribution in [0.2, 0.25) is 0 Å². The molecule has 27 heavy (non-hydrogen) atoms. The van der Waals surface area contributed by atoms with Crippen molar-refractivity contribution in [2.75, 3.05) is 6.61 Å². The first-order valence-corrected chi connectivity index (χ1v) is 11.1. The zero-order chi connectivity index (χ0) is 19.4. The number of rotatable bonds is 4. The Morgan fingerprint density at radius 1 is 1.30 bits per heavy atom. The quantitative estimate of drug-likeness (QED) is 0.718. The lowest BCUT2D eigenvalue weighted by Gasteiger charge is -2.53. The smallest absolute Gasteiger partial charge is 0.162 e. The Hall–Kier alpha value is -0.930. The molecule has 0 heterocycles. The Morgan fingerprint density at radius 3 is 2.78 bits per heavy atom. The second-order valence-electron chi connectivity index (χ2n) is 10.1. The monoisotopic (exact) mass is 372 g/mol. The predicted molar refractivity (Wildman–Crippen MR) is 107 cm³/mol. The molecule has 4 rings (SSSR count). The largest absolute Gasteiger partial charge is 0.389 e. The van der Waals surface area contributed by atoms with Gasteiger partial charge in [0.15, 0.2) is 5.78 Å². The third-order valence-electron chi connectivity index (χ3n) is 8.80. The highest BCUT2D eigenvalue weighted by Crippen LogP contribution is 2.66. The van der Waals surface area contributed by atoms with Crippen molar-refractivity contribution in [2.45, 2.75) is 78.2 Å². The molecule has 2 saturated carbocycles. The maximum Gasteiger partial charge on any atom is 0.162 e. The molecule has 0 amide bonds. The summed E-state index contributed by atoms with van der Waals surface area (Å²) in [5.41, 5.74) is 3.16. The van der Waals surface area contributed by atoms with Crippen LogP contribution in [0.25, 0.3) is 0 Å². The second-order valence-corrected chi connectivity index (χ2v) is 10.1. The standard InChI is InChI=1S/C24H36O3/c1-4-5-15-12-20-18-7-6-16-13-17(26)8-10-23(16,2)19(18)9-11-24(20,3)22(15)21(27)14-25/h9,13,15,17-18,20,22,25-26H,4-8,10-12,14H2,1-3H3/t15-,17?,18?,20?,22-,23+,24+/m1/s1. The van der Waals surface area contributed by atoms with E-state index < -0.39 is 0 Å². The van der Waals surface area contributed by atoms with Crippen molar-refractivity contribution in [3.05, 3.63) is 23.3 Å². The molecule has 0 radical (unpaired) electrons. The van der Waals surface area contributed by atoms with Crippen LogP contribution in [0.3, 0.4) is 0 Å². The molecule has 0 spiro atoms. The van der Waals surface area contributed by atoms with Crippen LogP contribution in [-0.4, -0.2) is 28.7 Å². The number of Topliss-reactive ketones (excluding diaryl/α,β-unsaturated/α-hetero) is 1. The van der Waals surface area contributed by atoms with E-state index in [4.69, 9.17) is 0 Å². The van der Waals surface area contributed by atoms with Crippen molar-refractivity contribution in [3.63, 3.8) is 0 Å². The van der Waals surface area contributed by atoms with E-state index in [-0.39, 0.29) is 35.2 Å². The third kappa shape index (κ3) is 2.80. The first kappa shape index (κ1) is 19.4. The molecule has 0 aromatic heterocycles. The Bertz CT molecular complexity index is 677. The van der Waals surface area contributed by atoms with Crippen molar-refractivity contribution in [2.24, 2.45) is 34.5 Å². The van der Waals surface area contributed by atoms with Crippen molar-refractivity contribution in [1.29, 1.82) is 0 Å². The summed E-state index contributed by atoms with van der Waals surface area (Å²) in [7, 11) is 0. The van der Waals surface area contributed by atoms with Crippen LogP contribution in [0.4, 0.5) is 0 Å². The van der Waals surface area contributed by atoms with E-state index in [0.29, 0.717) is 17.8 Å². The van der Waals surface area contributed by atoms with Gasteiger partial charge in [0.25, 0.3) is 0 Å². The first-order chi connectivity index (χ1) is 12.8. The lowest BCUT2D eigenvalue weighted by atomic mass is 9.51. The highest BCUT2D eigenvalue weighted by atomic mass is 16.3. The molecule has 2 fully saturated rings. The van der Waals surface area contributed by atoms with Gasteiger partial charge in [-0.1, -0.05) is 50.5 Å². The summed E-state index contributed by atoms with van der Waals surface area (Å²) in [4.78, 5) is 12.7. The normalized spacial score (nSPS) is 46.0. The maximum absolute atomic E-state index is 12.7. The lowest BCUT2D eigenvalue weighted by Crippen LogP contribution is -2.46. The van der Waals surface area contributed by atoms with E-state index >= 15 is 0 Å². The number of carbonyl (C=O) groups is 1. The number of carbonyl (C=O) groups excluding carboxylic acids is 1. The van der Waals surface area contributed by atoms with Crippen LogP contribution in [0.1, 0.15) is 72.1 Å². The van der Waals surface area contributed by atoms with Crippen LogP contribution in [-0.2, 0) is 4.79 Å². The number of aliphatic hydroxyl groups excluding tert-OH is 2. The van der Waals surface area contributed by atoms with Crippen LogP contribution in [0.15, 0.2) is 23.3 Å². The number of aliphatic hydroxyl groups is 2. The van der Waals surface area contributed by atoms with Crippen molar-refractivity contribution in [1.82, 2.24) is 0 Å². The van der Waals surface area contributed by atoms with E-state index in [9.17, 15) is 15.0 Å². The lowest BCUT2D eigenvalue weighted by molar-refractivity contribution is -0.131. The maximum atomic E-state index is 12.7. The van der Waals surface area contributed by atoms with E-state index in [1.54, 1.807) is 5.57 Å². The van der Waals surface area contributed by atoms with Gasteiger partial charge < -0.3 is 10.2 Å². The summed E-state index contributed by atoms with van der Waals surface area (Å²) in [5.74, 6) is 1.63. The number of allylic oxidation sites excluding steroid dienone is 3. The van der Waals surface area contributed by atoms with Crippen LogP contribution in [0.5, 0.6) is 0 Å².